The summed E-state index contributed by atoms with van der Waals surface area (Å²) in [5.74, 6) is 1.77. The van der Waals surface area contributed by atoms with Crippen molar-refractivity contribution in [3.05, 3.63) is 137 Å². The molecule has 6 rings (SSSR count). The highest BCUT2D eigenvalue weighted by Crippen LogP contribution is 2.22. The van der Waals surface area contributed by atoms with Gasteiger partial charge < -0.3 is 20.4 Å². The van der Waals surface area contributed by atoms with E-state index in [-0.39, 0.29) is 18.0 Å². The van der Waals surface area contributed by atoms with Crippen LogP contribution < -0.4 is 20.9 Å². The van der Waals surface area contributed by atoms with E-state index in [1.54, 1.807) is 18.6 Å². The lowest BCUT2D eigenvalue weighted by Crippen LogP contribution is -2.34. The van der Waals surface area contributed by atoms with Crippen LogP contribution >= 0.6 is 0 Å². The summed E-state index contributed by atoms with van der Waals surface area (Å²) in [6.45, 7) is 0.757. The zero-order valence-electron chi connectivity index (χ0n) is 24.8. The van der Waals surface area contributed by atoms with Crippen LogP contribution in [0.3, 0.4) is 0 Å². The van der Waals surface area contributed by atoms with Crippen molar-refractivity contribution in [2.45, 2.75) is 32.4 Å². The van der Waals surface area contributed by atoms with E-state index in [4.69, 9.17) is 4.74 Å². The fourth-order valence-electron chi connectivity index (χ4n) is 5.12. The Balaban J connectivity index is 1.05. The molecular formula is C36H34N6O3. The van der Waals surface area contributed by atoms with E-state index in [1.807, 2.05) is 84.9 Å². The van der Waals surface area contributed by atoms with Crippen molar-refractivity contribution in [3.8, 4) is 22.9 Å². The molecule has 0 unspecified atom stereocenters. The molecule has 9 nitrogen and oxygen atoms in total. The van der Waals surface area contributed by atoms with Gasteiger partial charge in [-0.25, -0.2) is 4.98 Å². The molecule has 3 heterocycles. The lowest BCUT2D eigenvalue weighted by molar-refractivity contribution is -0.121. The first-order valence-corrected chi connectivity index (χ1v) is 15.0. The molecule has 9 heteroatoms. The number of hydrogen-bond acceptors (Lipinski definition) is 6. The second-order valence-electron chi connectivity index (χ2n) is 10.7. The van der Waals surface area contributed by atoms with Crippen LogP contribution in [-0.4, -0.2) is 32.0 Å². The highest BCUT2D eigenvalue weighted by atomic mass is 16.5. The number of amides is 1. The Morgan fingerprint density at radius 2 is 1.62 bits per heavy atom. The molecule has 6 aromatic rings. The van der Waals surface area contributed by atoms with Crippen LogP contribution in [0.2, 0.25) is 0 Å². The second-order valence-corrected chi connectivity index (χ2v) is 10.7. The number of nitrogens with one attached hydrogen (secondary N) is 3. The molecule has 0 atom stereocenters. The largest absolute Gasteiger partial charge is 0.457 e. The number of H-pyrrole nitrogens is 1. The topological polar surface area (TPSA) is 114 Å². The maximum absolute atomic E-state index is 13.6. The average Bonchev–Trinajstić information content (AvgIpc) is 3.50. The van der Waals surface area contributed by atoms with Crippen LogP contribution in [-0.2, 0) is 24.3 Å². The molecule has 0 aliphatic rings. The van der Waals surface area contributed by atoms with Gasteiger partial charge in [-0.1, -0.05) is 60.7 Å². The molecule has 0 aliphatic heterocycles. The third kappa shape index (κ3) is 7.64. The molecule has 1 amide bonds. The van der Waals surface area contributed by atoms with Crippen molar-refractivity contribution >= 4 is 22.5 Å². The molecule has 3 aromatic heterocycles. The fourth-order valence-corrected chi connectivity index (χ4v) is 5.12. The maximum atomic E-state index is 13.6. The number of ether oxygens (including phenoxy) is 1. The van der Waals surface area contributed by atoms with E-state index in [0.717, 1.165) is 52.9 Å². The summed E-state index contributed by atoms with van der Waals surface area (Å²) >= 11 is 0. The normalized spacial score (nSPS) is 10.9. The summed E-state index contributed by atoms with van der Waals surface area (Å²) in [6.07, 6.45) is 7.77. The van der Waals surface area contributed by atoms with Crippen molar-refractivity contribution < 1.29 is 9.53 Å². The number of rotatable bonds is 13. The molecule has 0 spiro atoms. The average molecular weight is 599 g/mol. The predicted molar refractivity (Wildman–Crippen MR) is 176 cm³/mol. The molecule has 3 aromatic carbocycles. The molecule has 0 saturated carbocycles. The Morgan fingerprint density at radius 3 is 2.40 bits per heavy atom. The summed E-state index contributed by atoms with van der Waals surface area (Å²) in [7, 11) is 0. The molecule has 0 saturated heterocycles. The summed E-state index contributed by atoms with van der Waals surface area (Å²) in [6, 6.07) is 31.1. The third-order valence-corrected chi connectivity index (χ3v) is 7.44. The van der Waals surface area contributed by atoms with Crippen LogP contribution in [0.25, 0.3) is 22.3 Å². The number of aromatic nitrogens is 4. The van der Waals surface area contributed by atoms with E-state index in [0.29, 0.717) is 24.6 Å². The SMILES string of the molecule is O=C(Cn1c(-c2ccccc2)ncc(NCCCCc2ccc(Oc3ccccc3)cc2)c1=O)NCc1cc2cnccc2[nH]1. The van der Waals surface area contributed by atoms with Gasteiger partial charge in [0.25, 0.3) is 5.56 Å². The number of benzene rings is 3. The van der Waals surface area contributed by atoms with Gasteiger partial charge in [-0.05, 0) is 61.2 Å². The summed E-state index contributed by atoms with van der Waals surface area (Å²) in [5, 5.41) is 7.13. The maximum Gasteiger partial charge on any atom is 0.277 e. The zero-order chi connectivity index (χ0) is 30.8. The van der Waals surface area contributed by atoms with Gasteiger partial charge in [0.2, 0.25) is 5.91 Å². The summed E-state index contributed by atoms with van der Waals surface area (Å²) in [5.41, 5.74) is 3.87. The number of aromatic amines is 1. The lowest BCUT2D eigenvalue weighted by atomic mass is 10.1. The van der Waals surface area contributed by atoms with Gasteiger partial charge in [0.15, 0.2) is 0 Å². The zero-order valence-corrected chi connectivity index (χ0v) is 24.8. The van der Waals surface area contributed by atoms with Gasteiger partial charge in [0, 0.05) is 41.1 Å². The van der Waals surface area contributed by atoms with Crippen LogP contribution in [0.4, 0.5) is 5.69 Å². The smallest absolute Gasteiger partial charge is 0.277 e. The third-order valence-electron chi connectivity index (χ3n) is 7.44. The number of para-hydroxylation sites is 1. The minimum Gasteiger partial charge on any atom is -0.457 e. The Bertz CT molecular complexity index is 1890. The van der Waals surface area contributed by atoms with Gasteiger partial charge in [-0.15, -0.1) is 0 Å². The minimum absolute atomic E-state index is 0.155. The molecule has 0 aliphatic carbocycles. The van der Waals surface area contributed by atoms with Crippen LogP contribution in [0, 0.1) is 0 Å². The Kier molecular flexibility index (Phi) is 9.26. The van der Waals surface area contributed by atoms with Gasteiger partial charge >= 0.3 is 0 Å². The van der Waals surface area contributed by atoms with Gasteiger partial charge in [-0.2, -0.15) is 0 Å². The first kappa shape index (κ1) is 29.4. The fraction of sp³-hybridized carbons (Fsp3) is 0.167. The summed E-state index contributed by atoms with van der Waals surface area (Å²) in [4.78, 5) is 38.6. The quantitative estimate of drug-likeness (QED) is 0.134. The monoisotopic (exact) mass is 598 g/mol. The number of unbranched alkanes of at least 4 members (excludes halogenated alkanes) is 1. The van der Waals surface area contributed by atoms with Gasteiger partial charge in [0.1, 0.15) is 29.6 Å². The number of nitrogens with zero attached hydrogens (tertiary/aromatic N) is 3. The number of pyridine rings is 1. The van der Waals surface area contributed by atoms with Crippen molar-refractivity contribution in [1.82, 2.24) is 24.8 Å². The first-order chi connectivity index (χ1) is 22.1. The van der Waals surface area contributed by atoms with Crippen molar-refractivity contribution in [3.63, 3.8) is 0 Å². The molecule has 0 bridgehead atoms. The standard InChI is InChI=1S/C36H34N6O3/c43-34(39-23-29-21-28-22-37-20-18-32(28)41-29)25-42-35(27-10-3-1-4-11-27)40-24-33(36(42)44)38-19-8-7-9-26-14-16-31(17-15-26)45-30-12-5-2-6-13-30/h1-6,10-18,20-22,24,38,41H,7-9,19,23,25H2,(H,39,43). The van der Waals surface area contributed by atoms with E-state index in [1.165, 1.54) is 10.1 Å². The first-order valence-electron chi connectivity index (χ1n) is 15.0. The van der Waals surface area contributed by atoms with E-state index in [9.17, 15) is 9.59 Å². The van der Waals surface area contributed by atoms with Crippen molar-refractivity contribution in [1.29, 1.82) is 0 Å². The van der Waals surface area contributed by atoms with Gasteiger partial charge in [0.05, 0.1) is 12.7 Å². The van der Waals surface area contributed by atoms with Crippen molar-refractivity contribution in [2.75, 3.05) is 11.9 Å². The van der Waals surface area contributed by atoms with Crippen LogP contribution in [0.1, 0.15) is 24.1 Å². The number of aryl methyl sites for hydroxylation is 1. The minimum atomic E-state index is -0.287. The Morgan fingerprint density at radius 1 is 0.867 bits per heavy atom. The molecule has 3 N–H and O–H groups in total. The number of carbonyl (C=O) groups is 1. The molecule has 45 heavy (non-hydrogen) atoms. The Hall–Kier alpha value is -5.70. The van der Waals surface area contributed by atoms with Gasteiger partial charge in [-0.3, -0.25) is 19.1 Å². The molecule has 0 radical (unpaired) electrons. The number of anilines is 1. The number of hydrogen-bond donors (Lipinski definition) is 3. The van der Waals surface area contributed by atoms with Crippen molar-refractivity contribution in [2.24, 2.45) is 0 Å². The van der Waals surface area contributed by atoms with E-state index >= 15 is 0 Å². The lowest BCUT2D eigenvalue weighted by Gasteiger charge is -2.15. The number of carbonyl (C=O) groups excluding carboxylic acids is 1. The van der Waals surface area contributed by atoms with Crippen LogP contribution in [0.5, 0.6) is 11.5 Å². The molecule has 0 fully saturated rings. The predicted octanol–water partition coefficient (Wildman–Crippen LogP) is 6.33. The molecular weight excluding hydrogens is 564 g/mol. The summed E-state index contributed by atoms with van der Waals surface area (Å²) < 4.78 is 7.31. The second kappa shape index (κ2) is 14.2. The highest BCUT2D eigenvalue weighted by molar-refractivity contribution is 5.80. The van der Waals surface area contributed by atoms with E-state index in [2.05, 4.69) is 37.7 Å². The number of fused-ring (bicyclic) bond motifs is 1. The highest BCUT2D eigenvalue weighted by Gasteiger charge is 2.15. The van der Waals surface area contributed by atoms with Crippen LogP contribution in [0.15, 0.2) is 120 Å². The van der Waals surface area contributed by atoms with E-state index < -0.39 is 0 Å². The molecule has 226 valence electrons. The Labute approximate surface area is 261 Å².